The Morgan fingerprint density at radius 1 is 1.00 bits per heavy atom. The van der Waals surface area contributed by atoms with Crippen molar-refractivity contribution in [2.45, 2.75) is 51.9 Å². The van der Waals surface area contributed by atoms with Crippen molar-refractivity contribution in [2.75, 3.05) is 5.73 Å². The van der Waals surface area contributed by atoms with Crippen LogP contribution in [0.3, 0.4) is 0 Å². The Kier molecular flexibility index (Phi) is 5.24. The highest BCUT2D eigenvalue weighted by Gasteiger charge is 2.25. The van der Waals surface area contributed by atoms with Gasteiger partial charge in [-0.05, 0) is 52.6 Å². The van der Waals surface area contributed by atoms with E-state index in [9.17, 15) is 0 Å². The molecule has 0 aliphatic heterocycles. The topological polar surface area (TPSA) is 51.8 Å². The molecule has 30 heavy (non-hydrogen) atoms. The van der Waals surface area contributed by atoms with Gasteiger partial charge in [-0.25, -0.2) is 9.97 Å². The maximum absolute atomic E-state index is 6.62. The monoisotopic (exact) mass is 457 g/mol. The van der Waals surface area contributed by atoms with E-state index in [4.69, 9.17) is 33.9 Å². The smallest absolute Gasteiger partial charge is 0.132 e. The molecule has 0 aliphatic rings. The van der Waals surface area contributed by atoms with Gasteiger partial charge in [0.1, 0.15) is 11.3 Å². The van der Waals surface area contributed by atoms with E-state index in [1.54, 1.807) is 17.5 Å². The largest absolute Gasteiger partial charge is 0.383 e. The van der Waals surface area contributed by atoms with E-state index in [1.807, 2.05) is 18.2 Å². The van der Waals surface area contributed by atoms with E-state index >= 15 is 0 Å². The summed E-state index contributed by atoms with van der Waals surface area (Å²) in [4.78, 5) is 8.94. The second-order valence-corrected chi connectivity index (χ2v) is 11.4. The van der Waals surface area contributed by atoms with E-state index in [-0.39, 0.29) is 10.8 Å². The molecule has 2 N–H and O–H groups in total. The molecular weight excluding hydrogens is 433 g/mol. The number of halogens is 2. The molecule has 6 heteroatoms. The molecule has 2 aromatic heterocycles. The van der Waals surface area contributed by atoms with Crippen molar-refractivity contribution in [2.24, 2.45) is 0 Å². The van der Waals surface area contributed by atoms with E-state index in [0.717, 1.165) is 38.0 Å². The van der Waals surface area contributed by atoms with Crippen LogP contribution in [-0.2, 0) is 17.3 Å². The van der Waals surface area contributed by atoms with Gasteiger partial charge in [0.05, 0.1) is 19.8 Å². The fraction of sp³-hybridized carbons (Fsp3) is 0.333. The first-order valence-electron chi connectivity index (χ1n) is 9.89. The van der Waals surface area contributed by atoms with Gasteiger partial charge in [0.15, 0.2) is 0 Å². The van der Waals surface area contributed by atoms with Gasteiger partial charge in [-0.1, -0.05) is 63.9 Å². The number of hydrogen-bond acceptors (Lipinski definition) is 4. The quantitative estimate of drug-likeness (QED) is 0.345. The van der Waals surface area contributed by atoms with Crippen molar-refractivity contribution in [1.29, 1.82) is 0 Å². The number of aromatic nitrogens is 2. The average molecular weight is 458 g/mol. The predicted molar refractivity (Wildman–Crippen MR) is 131 cm³/mol. The predicted octanol–water partition coefficient (Wildman–Crippen LogP) is 7.55. The van der Waals surface area contributed by atoms with E-state index < -0.39 is 0 Å². The molecule has 4 rings (SSSR count). The standard InChI is InChI=1S/C24H25Cl2N3S/c1-23(2,3)22-29-20-17(26)8-13(9-18(20)30-22)12-24(4,5)15-10-14-6-7-28-21(27)19(14)16(25)11-15/h6-11H,12H2,1-5H3,(H2,27,28). The summed E-state index contributed by atoms with van der Waals surface area (Å²) in [5.74, 6) is 0.457. The van der Waals surface area contributed by atoms with Crippen LogP contribution in [0.1, 0.15) is 50.8 Å². The molecule has 2 aromatic carbocycles. The minimum atomic E-state index is -0.148. The van der Waals surface area contributed by atoms with Crippen molar-refractivity contribution in [3.8, 4) is 0 Å². The van der Waals surface area contributed by atoms with Gasteiger partial charge >= 0.3 is 0 Å². The summed E-state index contributed by atoms with van der Waals surface area (Å²) in [6, 6.07) is 10.4. The molecule has 4 aromatic rings. The fourth-order valence-corrected chi connectivity index (χ4v) is 5.54. The van der Waals surface area contributed by atoms with Crippen LogP contribution in [0.5, 0.6) is 0 Å². The number of pyridine rings is 1. The molecule has 156 valence electrons. The summed E-state index contributed by atoms with van der Waals surface area (Å²) >= 11 is 14.9. The van der Waals surface area contributed by atoms with Crippen molar-refractivity contribution in [3.63, 3.8) is 0 Å². The Morgan fingerprint density at radius 3 is 2.43 bits per heavy atom. The second kappa shape index (κ2) is 7.37. The van der Waals surface area contributed by atoms with Crippen LogP contribution in [0, 0.1) is 0 Å². The number of rotatable bonds is 3. The Balaban J connectivity index is 1.74. The van der Waals surface area contributed by atoms with Gasteiger partial charge in [0.2, 0.25) is 0 Å². The maximum Gasteiger partial charge on any atom is 0.132 e. The molecule has 0 atom stereocenters. The normalized spacial score (nSPS) is 12.8. The lowest BCUT2D eigenvalue weighted by molar-refractivity contribution is 0.523. The van der Waals surface area contributed by atoms with E-state index in [2.05, 4.69) is 51.7 Å². The van der Waals surface area contributed by atoms with Crippen LogP contribution in [0.2, 0.25) is 10.0 Å². The van der Waals surface area contributed by atoms with Crippen molar-refractivity contribution >= 4 is 61.3 Å². The lowest BCUT2D eigenvalue weighted by Crippen LogP contribution is -2.20. The molecule has 0 unspecified atom stereocenters. The van der Waals surface area contributed by atoms with Gasteiger partial charge in [0.25, 0.3) is 0 Å². The van der Waals surface area contributed by atoms with Gasteiger partial charge < -0.3 is 5.73 Å². The van der Waals surface area contributed by atoms with Crippen LogP contribution in [-0.4, -0.2) is 9.97 Å². The third kappa shape index (κ3) is 3.89. The van der Waals surface area contributed by atoms with Crippen LogP contribution in [0.15, 0.2) is 36.5 Å². The van der Waals surface area contributed by atoms with Crippen molar-refractivity contribution in [3.05, 3.63) is 62.7 Å². The zero-order valence-corrected chi connectivity index (χ0v) is 20.1. The lowest BCUT2D eigenvalue weighted by Gasteiger charge is -2.26. The highest BCUT2D eigenvalue weighted by Crippen LogP contribution is 2.39. The van der Waals surface area contributed by atoms with E-state index in [0.29, 0.717) is 15.9 Å². The van der Waals surface area contributed by atoms with Gasteiger partial charge in [-0.3, -0.25) is 0 Å². The Morgan fingerprint density at radius 2 is 1.73 bits per heavy atom. The third-order valence-electron chi connectivity index (χ3n) is 5.42. The SMILES string of the molecule is CC(C)(C)c1nc2c(Cl)cc(CC(C)(C)c3cc(Cl)c4c(N)nccc4c3)cc2s1. The van der Waals surface area contributed by atoms with Gasteiger partial charge in [0, 0.05) is 17.0 Å². The van der Waals surface area contributed by atoms with Crippen LogP contribution < -0.4 is 5.73 Å². The third-order valence-corrected chi connectivity index (χ3v) is 7.44. The first-order valence-corrected chi connectivity index (χ1v) is 11.5. The molecule has 0 saturated carbocycles. The Hall–Kier alpha value is -1.88. The average Bonchev–Trinajstić information content (AvgIpc) is 3.06. The molecule has 3 nitrogen and oxygen atoms in total. The summed E-state index contributed by atoms with van der Waals surface area (Å²) in [5.41, 5.74) is 9.12. The molecule has 0 saturated heterocycles. The maximum atomic E-state index is 6.62. The number of nitrogens with zero attached hydrogens (tertiary/aromatic N) is 2. The molecule has 0 amide bonds. The number of thiazole rings is 1. The summed E-state index contributed by atoms with van der Waals surface area (Å²) < 4.78 is 1.13. The second-order valence-electron chi connectivity index (χ2n) is 9.51. The molecule has 2 heterocycles. The zero-order chi connectivity index (χ0) is 21.8. The zero-order valence-electron chi connectivity index (χ0n) is 17.8. The molecule has 0 aliphatic carbocycles. The summed E-state index contributed by atoms with van der Waals surface area (Å²) in [6.07, 6.45) is 2.54. The number of hydrogen-bond donors (Lipinski definition) is 1. The van der Waals surface area contributed by atoms with Gasteiger partial charge in [-0.15, -0.1) is 11.3 Å². The number of nitrogen functional groups attached to an aromatic ring is 1. The fourth-order valence-electron chi connectivity index (χ4n) is 3.76. The van der Waals surface area contributed by atoms with Crippen LogP contribution in [0.4, 0.5) is 5.82 Å². The highest BCUT2D eigenvalue weighted by atomic mass is 35.5. The summed E-state index contributed by atoms with van der Waals surface area (Å²) in [7, 11) is 0. The van der Waals surface area contributed by atoms with Crippen LogP contribution >= 0.6 is 34.5 Å². The first-order chi connectivity index (χ1) is 14.0. The molecular formula is C24H25Cl2N3S. The highest BCUT2D eigenvalue weighted by molar-refractivity contribution is 7.18. The molecule has 0 spiro atoms. The number of benzene rings is 2. The molecule has 0 radical (unpaired) electrons. The van der Waals surface area contributed by atoms with Gasteiger partial charge in [-0.2, -0.15) is 0 Å². The molecule has 0 fully saturated rings. The summed E-state index contributed by atoms with van der Waals surface area (Å²) in [5, 5.41) is 4.25. The Bertz CT molecular complexity index is 1270. The molecule has 0 bridgehead atoms. The lowest BCUT2D eigenvalue weighted by atomic mass is 9.78. The number of anilines is 1. The number of fused-ring (bicyclic) bond motifs is 2. The minimum Gasteiger partial charge on any atom is -0.383 e. The van der Waals surface area contributed by atoms with Crippen LogP contribution in [0.25, 0.3) is 21.0 Å². The summed E-state index contributed by atoms with van der Waals surface area (Å²) in [6.45, 7) is 11.0. The van der Waals surface area contributed by atoms with Crippen molar-refractivity contribution < 1.29 is 0 Å². The minimum absolute atomic E-state index is 0.00496. The Labute approximate surface area is 191 Å². The number of nitrogens with two attached hydrogens (primary N) is 1. The first kappa shape index (κ1) is 21.4. The van der Waals surface area contributed by atoms with Crippen molar-refractivity contribution in [1.82, 2.24) is 9.97 Å². The van der Waals surface area contributed by atoms with E-state index in [1.165, 1.54) is 5.56 Å².